The van der Waals surface area contributed by atoms with Gasteiger partial charge in [0.15, 0.2) is 0 Å². The molecule has 0 aromatic carbocycles. The predicted molar refractivity (Wildman–Crippen MR) is 150 cm³/mol. The number of phosphoric acid groups is 5. The summed E-state index contributed by atoms with van der Waals surface area (Å²) in [4.78, 5) is 56.6. The molecular formula is C16H30B3FO22P5. The highest BCUT2D eigenvalue weighted by molar-refractivity contribution is 7.66. The van der Waals surface area contributed by atoms with Crippen LogP contribution in [0, 0.1) is 0 Å². The average Bonchev–Trinajstić information content (AvgIpc) is 3.58. The first-order chi connectivity index (χ1) is 21.5. The highest BCUT2D eigenvalue weighted by Crippen LogP contribution is 2.66. The second-order valence-corrected chi connectivity index (χ2v) is 17.3. The van der Waals surface area contributed by atoms with Gasteiger partial charge in [-0.25, -0.2) is 27.2 Å². The third-order valence-corrected chi connectivity index (χ3v) is 12.1. The first-order valence-electron chi connectivity index (χ1n) is 13.1. The molecule has 0 aromatic rings. The Bertz CT molecular complexity index is 1290. The smallest absolute Gasteiger partial charge is 0.390 e. The van der Waals surface area contributed by atoms with E-state index in [1.54, 1.807) is 0 Å². The Labute approximate surface area is 269 Å². The average molecular weight is 781 g/mol. The number of halogens is 1. The van der Waals surface area contributed by atoms with Crippen LogP contribution in [-0.4, -0.2) is 138 Å². The minimum Gasteiger partial charge on any atom is -0.390 e. The lowest BCUT2D eigenvalue weighted by atomic mass is 9.51. The molecule has 0 saturated carbocycles. The molecular weight excluding hydrogens is 750 g/mol. The van der Waals surface area contributed by atoms with E-state index in [-0.39, 0.29) is 19.3 Å². The summed E-state index contributed by atoms with van der Waals surface area (Å²) in [5.41, 5.74) is 0. The molecule has 4 unspecified atom stereocenters. The van der Waals surface area contributed by atoms with E-state index in [2.05, 4.69) is 13.1 Å². The molecule has 3 aliphatic heterocycles. The van der Waals surface area contributed by atoms with E-state index in [9.17, 15) is 51.9 Å². The molecule has 5 radical (unpaired) electrons. The van der Waals surface area contributed by atoms with Crippen LogP contribution in [0.2, 0.25) is 0 Å². The summed E-state index contributed by atoms with van der Waals surface area (Å²) >= 11 is 0. The van der Waals surface area contributed by atoms with Crippen LogP contribution in [0.1, 0.15) is 19.3 Å². The normalized spacial score (nSPS) is 36.7. The first-order valence-corrected chi connectivity index (χ1v) is 20.6. The van der Waals surface area contributed by atoms with E-state index in [0.717, 1.165) is 7.17 Å². The van der Waals surface area contributed by atoms with Crippen LogP contribution in [0.4, 0.5) is 4.39 Å². The summed E-state index contributed by atoms with van der Waals surface area (Å²) < 4.78 is 120. The lowest BCUT2D eigenvalue weighted by Gasteiger charge is -2.25. The Morgan fingerprint density at radius 2 is 1.21 bits per heavy atom. The van der Waals surface area contributed by atoms with E-state index < -0.39 is 120 Å². The first kappa shape index (κ1) is 42.0. The summed E-state index contributed by atoms with van der Waals surface area (Å²) in [7, 11) is -14.8. The molecule has 0 spiro atoms. The van der Waals surface area contributed by atoms with Crippen molar-refractivity contribution in [3.05, 3.63) is 0 Å². The van der Waals surface area contributed by atoms with Crippen molar-refractivity contribution in [2.24, 2.45) is 0 Å². The summed E-state index contributed by atoms with van der Waals surface area (Å²) in [6.07, 6.45) is -9.36. The van der Waals surface area contributed by atoms with Crippen molar-refractivity contribution >= 4 is 61.9 Å². The topological polar surface area (TPSA) is 319 Å². The van der Waals surface area contributed by atoms with Gasteiger partial charge in [-0.3, -0.25) is 22.6 Å². The van der Waals surface area contributed by atoms with Gasteiger partial charge in [-0.1, -0.05) is 0 Å². The largest absolute Gasteiger partial charge is 0.490 e. The van der Waals surface area contributed by atoms with Gasteiger partial charge in [-0.2, -0.15) is 8.62 Å². The lowest BCUT2D eigenvalue weighted by Crippen LogP contribution is -2.31. The fourth-order valence-corrected chi connectivity index (χ4v) is 9.36. The number of alkyl halides is 1. The lowest BCUT2D eigenvalue weighted by molar-refractivity contribution is -0.0396. The molecule has 0 aromatic heterocycles. The van der Waals surface area contributed by atoms with Gasteiger partial charge < -0.3 is 48.7 Å². The summed E-state index contributed by atoms with van der Waals surface area (Å²) in [5.74, 6) is 0. The maximum Gasteiger partial charge on any atom is 0.490 e. The molecule has 3 fully saturated rings. The SMILES string of the molecule is [B][B][C@H]1C[C@H](OP(=O)(O)OC[C@H]2O[C@@H](CF)C[C@@H]2O)[C@@H](COP(=O)(O)O[C@H]2C[C@H]([B])O[C@@H]2COP(=O)(O)OP(=O)(O)OP(=O)(O)O)O1. The number of rotatable bonds is 19. The molecule has 0 aliphatic carbocycles. The Morgan fingerprint density at radius 3 is 1.72 bits per heavy atom. The van der Waals surface area contributed by atoms with E-state index in [0.29, 0.717) is 0 Å². The van der Waals surface area contributed by atoms with Gasteiger partial charge in [-0.15, -0.1) is 0 Å². The van der Waals surface area contributed by atoms with E-state index in [1.165, 1.54) is 0 Å². The van der Waals surface area contributed by atoms with E-state index in [1.807, 2.05) is 0 Å². The second-order valence-electron chi connectivity index (χ2n) is 10.0. The van der Waals surface area contributed by atoms with Crippen LogP contribution >= 0.6 is 39.1 Å². The van der Waals surface area contributed by atoms with Crippen molar-refractivity contribution in [1.29, 1.82) is 0 Å². The molecule has 3 rings (SSSR count). The van der Waals surface area contributed by atoms with Crippen molar-refractivity contribution in [2.75, 3.05) is 26.5 Å². The predicted octanol–water partition coefficient (Wildman–Crippen LogP) is -0.992. The zero-order valence-corrected chi connectivity index (χ0v) is 28.2. The second kappa shape index (κ2) is 17.0. The van der Waals surface area contributed by atoms with Crippen molar-refractivity contribution in [3.63, 3.8) is 0 Å². The highest BCUT2D eigenvalue weighted by atomic mass is 31.3. The number of ether oxygens (including phenoxy) is 3. The van der Waals surface area contributed by atoms with Gasteiger partial charge in [-0.05, 0) is 12.8 Å². The fraction of sp³-hybridized carbons (Fsp3) is 1.00. The molecule has 22 nitrogen and oxygen atoms in total. The van der Waals surface area contributed by atoms with Gasteiger partial charge in [0.2, 0.25) is 0 Å². The van der Waals surface area contributed by atoms with Crippen molar-refractivity contribution in [3.8, 4) is 0 Å². The van der Waals surface area contributed by atoms with Gasteiger partial charge >= 0.3 is 39.1 Å². The number of hydrogen-bond acceptors (Lipinski definition) is 16. The van der Waals surface area contributed by atoms with Crippen LogP contribution in [0.25, 0.3) is 0 Å². The Hall–Kier alpha value is 0.595. The Balaban J connectivity index is 1.54. The van der Waals surface area contributed by atoms with Crippen LogP contribution in [0.3, 0.4) is 0 Å². The third-order valence-electron chi connectivity index (χ3n) is 6.30. The quantitative estimate of drug-likeness (QED) is 0.0611. The highest BCUT2D eigenvalue weighted by Gasteiger charge is 2.46. The molecule has 0 bridgehead atoms. The van der Waals surface area contributed by atoms with Crippen molar-refractivity contribution in [1.82, 2.24) is 0 Å². The maximum atomic E-state index is 12.8. The molecule has 3 saturated heterocycles. The molecule has 47 heavy (non-hydrogen) atoms. The maximum absolute atomic E-state index is 12.8. The van der Waals surface area contributed by atoms with Gasteiger partial charge in [0.1, 0.15) is 32.8 Å². The molecule has 31 heteroatoms. The zero-order valence-electron chi connectivity index (χ0n) is 23.7. The van der Waals surface area contributed by atoms with Crippen molar-refractivity contribution in [2.45, 2.75) is 74.0 Å². The van der Waals surface area contributed by atoms with Gasteiger partial charge in [0.25, 0.3) is 0 Å². The molecule has 13 atom stereocenters. The third kappa shape index (κ3) is 14.3. The number of hydrogen-bond donors (Lipinski definition) is 7. The van der Waals surface area contributed by atoms with Gasteiger partial charge in [0.05, 0.1) is 51.4 Å². The van der Waals surface area contributed by atoms with Crippen LogP contribution in [0.5, 0.6) is 0 Å². The summed E-state index contributed by atoms with van der Waals surface area (Å²) in [5, 5.41) is 9.90. The zero-order chi connectivity index (χ0) is 35.4. The standard InChI is InChI=1S/C16H30B3FO22P5/c17-15-2-10(13(37-15)6-35-46(29,30)42-47(31,32)41-43(22,23)24)39-45(27,28)34-7-14-11(3-16(19-18)38-14)40-44(25,26)33-5-12-9(21)1-8(4-20)36-12/h8-16,21H,1-7H2,(H,25,26)(H,27,28)(H,29,30)(H,31,32)(H2,22,23,24)/t8-,9+,10+,11+,12-,13-,14-,15-,16-/m1/s1. The van der Waals surface area contributed by atoms with E-state index >= 15 is 0 Å². The summed E-state index contributed by atoms with van der Waals surface area (Å²) in [6.45, 7) is -3.39. The monoisotopic (exact) mass is 781 g/mol. The van der Waals surface area contributed by atoms with Crippen LogP contribution < -0.4 is 0 Å². The Morgan fingerprint density at radius 1 is 0.702 bits per heavy atom. The van der Waals surface area contributed by atoms with Gasteiger partial charge in [0, 0.05) is 26.2 Å². The van der Waals surface area contributed by atoms with Crippen LogP contribution in [-0.2, 0) is 68.3 Å². The molecule has 0 amide bonds. The number of aliphatic hydroxyl groups is 1. The van der Waals surface area contributed by atoms with Crippen LogP contribution in [0.15, 0.2) is 0 Å². The summed E-state index contributed by atoms with van der Waals surface area (Å²) in [6, 6.07) is -2.07. The molecule has 267 valence electrons. The molecule has 7 N–H and O–H groups in total. The van der Waals surface area contributed by atoms with Crippen molar-refractivity contribution < 1.29 is 107 Å². The number of phosphoric ester groups is 3. The van der Waals surface area contributed by atoms with E-state index in [4.69, 9.17) is 57.7 Å². The minimum absolute atomic E-state index is 0.0538. The Kier molecular flexibility index (Phi) is 15.2. The minimum atomic E-state index is -5.82. The fourth-order valence-electron chi connectivity index (χ4n) is 4.41. The molecule has 3 aliphatic rings. The molecule has 3 heterocycles. The number of aliphatic hydroxyl groups excluding tert-OH is 1.